The van der Waals surface area contributed by atoms with Crippen LogP contribution in [-0.2, 0) is 4.79 Å². The number of amides is 1. The number of nitrogens with zero attached hydrogens (tertiary/aromatic N) is 2. The van der Waals surface area contributed by atoms with E-state index in [1.54, 1.807) is 0 Å². The van der Waals surface area contributed by atoms with Crippen LogP contribution in [0, 0.1) is 0 Å². The van der Waals surface area contributed by atoms with Gasteiger partial charge in [0.1, 0.15) is 0 Å². The lowest BCUT2D eigenvalue weighted by atomic mass is 10.0. The van der Waals surface area contributed by atoms with Crippen LogP contribution in [0.1, 0.15) is 39.0 Å². The lowest BCUT2D eigenvalue weighted by molar-refractivity contribution is -0.136. The summed E-state index contributed by atoms with van der Waals surface area (Å²) < 4.78 is 0. The summed E-state index contributed by atoms with van der Waals surface area (Å²) in [5.41, 5.74) is 0. The highest BCUT2D eigenvalue weighted by Gasteiger charge is 2.38. The molecule has 4 nitrogen and oxygen atoms in total. The Labute approximate surface area is 133 Å². The normalized spacial score (nSPS) is 32.5. The molecule has 0 aromatic carbocycles. The van der Waals surface area contributed by atoms with Crippen molar-refractivity contribution in [2.45, 2.75) is 56.4 Å². The minimum absolute atomic E-state index is 0.175. The van der Waals surface area contributed by atoms with Crippen LogP contribution in [0.5, 0.6) is 0 Å². The highest BCUT2D eigenvalue weighted by atomic mass is 32.2. The van der Waals surface area contributed by atoms with Crippen molar-refractivity contribution in [2.24, 2.45) is 0 Å². The van der Waals surface area contributed by atoms with Gasteiger partial charge in [-0.2, -0.15) is 11.8 Å². The van der Waals surface area contributed by atoms with Crippen LogP contribution < -0.4 is 5.32 Å². The average molecular weight is 311 g/mol. The van der Waals surface area contributed by atoms with E-state index < -0.39 is 0 Å². The second-order valence-corrected chi connectivity index (χ2v) is 7.97. The third-order valence-corrected chi connectivity index (χ3v) is 6.63. The number of hydrogen-bond donors (Lipinski definition) is 1. The number of carbonyl (C=O) groups is 1. The number of nitrogens with one attached hydrogen (secondary N) is 1. The van der Waals surface area contributed by atoms with Gasteiger partial charge in [0.25, 0.3) is 0 Å². The van der Waals surface area contributed by atoms with E-state index in [4.69, 9.17) is 0 Å². The molecule has 3 aliphatic heterocycles. The highest BCUT2D eigenvalue weighted by Crippen LogP contribution is 2.28. The van der Waals surface area contributed by atoms with Crippen LogP contribution in [0.4, 0.5) is 0 Å². The van der Waals surface area contributed by atoms with Gasteiger partial charge in [0, 0.05) is 30.1 Å². The third kappa shape index (κ3) is 3.57. The topological polar surface area (TPSA) is 35.6 Å². The van der Waals surface area contributed by atoms with Gasteiger partial charge in [0.05, 0.1) is 6.04 Å². The molecule has 120 valence electrons. The molecule has 5 heteroatoms. The number of hydrogen-bond acceptors (Lipinski definition) is 4. The molecule has 0 aromatic rings. The van der Waals surface area contributed by atoms with Crippen molar-refractivity contribution in [1.29, 1.82) is 0 Å². The SMILES string of the molecule is CCC1CN(C(=O)C2CCCN2C2CCNCC2)CCS1. The van der Waals surface area contributed by atoms with Gasteiger partial charge in [0.15, 0.2) is 0 Å². The summed E-state index contributed by atoms with van der Waals surface area (Å²) in [5, 5.41) is 4.08. The molecule has 0 saturated carbocycles. The molecule has 3 fully saturated rings. The third-order valence-electron chi connectivity index (χ3n) is 5.26. The summed E-state index contributed by atoms with van der Waals surface area (Å²) in [6, 6.07) is 0.803. The Bertz CT molecular complexity index is 359. The summed E-state index contributed by atoms with van der Waals surface area (Å²) in [6.07, 6.45) is 5.86. The van der Waals surface area contributed by atoms with Crippen LogP contribution in [0.15, 0.2) is 0 Å². The zero-order chi connectivity index (χ0) is 14.7. The van der Waals surface area contributed by atoms with Gasteiger partial charge in [-0.1, -0.05) is 6.92 Å². The van der Waals surface area contributed by atoms with Crippen molar-refractivity contribution in [1.82, 2.24) is 15.1 Å². The number of piperidine rings is 1. The minimum Gasteiger partial charge on any atom is -0.339 e. The van der Waals surface area contributed by atoms with Crippen molar-refractivity contribution in [3.05, 3.63) is 0 Å². The first-order valence-corrected chi connectivity index (χ1v) is 9.71. The molecule has 0 spiro atoms. The van der Waals surface area contributed by atoms with E-state index in [-0.39, 0.29) is 6.04 Å². The van der Waals surface area contributed by atoms with Crippen LogP contribution in [0.3, 0.4) is 0 Å². The largest absolute Gasteiger partial charge is 0.339 e. The van der Waals surface area contributed by atoms with E-state index in [9.17, 15) is 4.79 Å². The predicted octanol–water partition coefficient (Wildman–Crippen LogP) is 1.56. The zero-order valence-electron chi connectivity index (χ0n) is 13.2. The van der Waals surface area contributed by atoms with Crippen molar-refractivity contribution in [3.63, 3.8) is 0 Å². The Kier molecular flexibility index (Phi) is 5.46. The first-order chi connectivity index (χ1) is 10.3. The standard InChI is InChI=1S/C16H29N3OS/c1-2-14-12-18(10-11-21-14)16(20)15-4-3-9-19(15)13-5-7-17-8-6-13/h13-15,17H,2-12H2,1H3. The van der Waals surface area contributed by atoms with E-state index in [1.165, 1.54) is 25.7 Å². The molecule has 0 aliphatic carbocycles. The van der Waals surface area contributed by atoms with Crippen molar-refractivity contribution in [2.75, 3.05) is 38.5 Å². The van der Waals surface area contributed by atoms with Crippen LogP contribution in [-0.4, -0.2) is 71.5 Å². The molecule has 2 unspecified atom stereocenters. The Morgan fingerprint density at radius 1 is 1.24 bits per heavy atom. The molecule has 1 N–H and O–H groups in total. The number of rotatable bonds is 3. The zero-order valence-corrected chi connectivity index (χ0v) is 14.0. The van der Waals surface area contributed by atoms with Gasteiger partial charge in [-0.25, -0.2) is 0 Å². The monoisotopic (exact) mass is 311 g/mol. The van der Waals surface area contributed by atoms with Gasteiger partial charge in [0.2, 0.25) is 5.91 Å². The highest BCUT2D eigenvalue weighted by molar-refractivity contribution is 8.00. The van der Waals surface area contributed by atoms with E-state index >= 15 is 0 Å². The molecule has 21 heavy (non-hydrogen) atoms. The Hall–Kier alpha value is -0.260. The number of carbonyl (C=O) groups excluding carboxylic acids is 1. The maximum atomic E-state index is 13.0. The van der Waals surface area contributed by atoms with Crippen LogP contribution in [0.2, 0.25) is 0 Å². The molecule has 0 aromatic heterocycles. The van der Waals surface area contributed by atoms with Crippen molar-refractivity contribution < 1.29 is 4.79 Å². The molecule has 2 atom stereocenters. The van der Waals surface area contributed by atoms with Crippen LogP contribution in [0.25, 0.3) is 0 Å². The summed E-state index contributed by atoms with van der Waals surface area (Å²) in [6.45, 7) is 7.51. The first-order valence-electron chi connectivity index (χ1n) is 8.66. The number of likely N-dealkylation sites (tertiary alicyclic amines) is 1. The van der Waals surface area contributed by atoms with E-state index in [0.29, 0.717) is 17.2 Å². The van der Waals surface area contributed by atoms with E-state index in [1.807, 2.05) is 11.8 Å². The van der Waals surface area contributed by atoms with Crippen LogP contribution >= 0.6 is 11.8 Å². The Balaban J connectivity index is 1.62. The summed E-state index contributed by atoms with van der Waals surface area (Å²) in [4.78, 5) is 17.7. The Morgan fingerprint density at radius 3 is 2.81 bits per heavy atom. The maximum Gasteiger partial charge on any atom is 0.240 e. The molecule has 3 aliphatic rings. The average Bonchev–Trinajstić information content (AvgIpc) is 3.04. The molecular formula is C16H29N3OS. The summed E-state index contributed by atoms with van der Waals surface area (Å²) in [7, 11) is 0. The second-order valence-electron chi connectivity index (χ2n) is 6.56. The molecule has 3 heterocycles. The maximum absolute atomic E-state index is 13.0. The molecular weight excluding hydrogens is 282 g/mol. The van der Waals surface area contributed by atoms with Gasteiger partial charge >= 0.3 is 0 Å². The number of thioether (sulfide) groups is 1. The lowest BCUT2D eigenvalue weighted by Crippen LogP contribution is -2.53. The van der Waals surface area contributed by atoms with E-state index in [2.05, 4.69) is 22.0 Å². The molecule has 0 radical (unpaired) electrons. The summed E-state index contributed by atoms with van der Waals surface area (Å²) in [5.74, 6) is 1.54. The van der Waals surface area contributed by atoms with Gasteiger partial charge in [-0.15, -0.1) is 0 Å². The first kappa shape index (κ1) is 15.6. The molecule has 3 saturated heterocycles. The smallest absolute Gasteiger partial charge is 0.240 e. The fraction of sp³-hybridized carbons (Fsp3) is 0.938. The van der Waals surface area contributed by atoms with Gasteiger partial charge in [-0.05, 0) is 51.7 Å². The van der Waals surface area contributed by atoms with Gasteiger partial charge < -0.3 is 10.2 Å². The summed E-state index contributed by atoms with van der Waals surface area (Å²) >= 11 is 2.04. The van der Waals surface area contributed by atoms with E-state index in [0.717, 1.165) is 44.9 Å². The second kappa shape index (κ2) is 7.34. The molecule has 3 rings (SSSR count). The van der Waals surface area contributed by atoms with Crippen molar-refractivity contribution in [3.8, 4) is 0 Å². The fourth-order valence-electron chi connectivity index (χ4n) is 4.01. The predicted molar refractivity (Wildman–Crippen MR) is 88.7 cm³/mol. The fourth-order valence-corrected chi connectivity index (χ4v) is 5.19. The molecule has 0 bridgehead atoms. The lowest BCUT2D eigenvalue weighted by Gasteiger charge is -2.39. The van der Waals surface area contributed by atoms with Gasteiger partial charge in [-0.3, -0.25) is 9.69 Å². The molecule has 1 amide bonds. The van der Waals surface area contributed by atoms with Crippen molar-refractivity contribution >= 4 is 17.7 Å². The quantitative estimate of drug-likeness (QED) is 0.858. The Morgan fingerprint density at radius 2 is 2.05 bits per heavy atom. The minimum atomic E-state index is 0.175.